The lowest BCUT2D eigenvalue weighted by Crippen LogP contribution is -2.65. The van der Waals surface area contributed by atoms with Crippen LogP contribution in [0, 0.1) is 13.8 Å². The van der Waals surface area contributed by atoms with E-state index in [-0.39, 0.29) is 6.04 Å². The van der Waals surface area contributed by atoms with Gasteiger partial charge in [0, 0.05) is 22.1 Å². The van der Waals surface area contributed by atoms with E-state index in [9.17, 15) is 0 Å². The van der Waals surface area contributed by atoms with E-state index >= 15 is 0 Å². The van der Waals surface area contributed by atoms with Crippen molar-refractivity contribution in [3.05, 3.63) is 57.6 Å². The molecule has 0 radical (unpaired) electrons. The third kappa shape index (κ3) is 2.42. The van der Waals surface area contributed by atoms with E-state index in [1.165, 1.54) is 11.1 Å². The number of halogens is 1. The number of anilines is 1. The molecule has 1 N–H and O–H groups in total. The minimum absolute atomic E-state index is 0.173. The molecule has 0 spiro atoms. The first-order valence-electron chi connectivity index (χ1n) is 8.04. The Balaban J connectivity index is 1.80. The highest BCUT2D eigenvalue weighted by Gasteiger charge is 2.48. The number of thiocarbonyl (C=S) groups is 1. The Hall–Kier alpha value is -1.59. The molecule has 2 atom stereocenters. The lowest BCUT2D eigenvalue weighted by atomic mass is 9.90. The number of nitrogens with one attached hydrogen (secondary N) is 1. The van der Waals surface area contributed by atoms with Gasteiger partial charge in [-0.15, -0.1) is 0 Å². The molecule has 2 aliphatic rings. The summed E-state index contributed by atoms with van der Waals surface area (Å²) in [6, 6.07) is 12.8. The van der Waals surface area contributed by atoms with Crippen molar-refractivity contribution in [1.82, 2.24) is 5.32 Å². The third-order valence-corrected chi connectivity index (χ3v) is 5.78. The summed E-state index contributed by atoms with van der Waals surface area (Å²) >= 11 is 9.24. The zero-order chi connectivity index (χ0) is 17.1. The molecule has 4 rings (SSSR count). The topological polar surface area (TPSA) is 24.5 Å². The van der Waals surface area contributed by atoms with Crippen LogP contribution in [-0.4, -0.2) is 10.8 Å². The van der Waals surface area contributed by atoms with Crippen LogP contribution in [0.1, 0.15) is 36.1 Å². The first-order valence-corrected chi connectivity index (χ1v) is 9.24. The number of ether oxygens (including phenoxy) is 1. The van der Waals surface area contributed by atoms with Gasteiger partial charge in [-0.1, -0.05) is 22.0 Å². The van der Waals surface area contributed by atoms with Gasteiger partial charge >= 0.3 is 0 Å². The second kappa shape index (κ2) is 5.46. The van der Waals surface area contributed by atoms with Crippen LogP contribution in [0.15, 0.2) is 40.9 Å². The van der Waals surface area contributed by atoms with Gasteiger partial charge in [0.1, 0.15) is 5.75 Å². The van der Waals surface area contributed by atoms with Gasteiger partial charge in [-0.3, -0.25) is 4.90 Å². The zero-order valence-electron chi connectivity index (χ0n) is 13.9. The predicted octanol–water partition coefficient (Wildman–Crippen LogP) is 5.00. The van der Waals surface area contributed by atoms with E-state index in [1.807, 2.05) is 12.1 Å². The first-order chi connectivity index (χ1) is 11.4. The van der Waals surface area contributed by atoms with Gasteiger partial charge in [0.05, 0.1) is 6.04 Å². The SMILES string of the molecule is Cc1ccc(N2C(=S)NC3CC2(C)Oc2ccc(Br)cc23)cc1C. The molecule has 124 valence electrons. The largest absolute Gasteiger partial charge is 0.467 e. The second-order valence-electron chi connectivity index (χ2n) is 6.77. The van der Waals surface area contributed by atoms with Crippen LogP contribution in [-0.2, 0) is 0 Å². The molecule has 0 amide bonds. The number of nitrogens with zero attached hydrogens (tertiary/aromatic N) is 1. The van der Waals surface area contributed by atoms with E-state index in [1.54, 1.807) is 0 Å². The van der Waals surface area contributed by atoms with E-state index < -0.39 is 5.72 Å². The Morgan fingerprint density at radius 1 is 1.21 bits per heavy atom. The van der Waals surface area contributed by atoms with Crippen LogP contribution in [0.4, 0.5) is 5.69 Å². The van der Waals surface area contributed by atoms with Gasteiger partial charge in [0.25, 0.3) is 0 Å². The number of benzene rings is 2. The van der Waals surface area contributed by atoms with Crippen LogP contribution in [0.2, 0.25) is 0 Å². The Kier molecular flexibility index (Phi) is 3.62. The molecule has 1 saturated heterocycles. The van der Waals surface area contributed by atoms with Crippen LogP contribution in [0.3, 0.4) is 0 Å². The maximum absolute atomic E-state index is 6.43. The Labute approximate surface area is 156 Å². The van der Waals surface area contributed by atoms with Crippen molar-refractivity contribution in [1.29, 1.82) is 0 Å². The van der Waals surface area contributed by atoms with Crippen molar-refractivity contribution < 1.29 is 4.74 Å². The molecule has 0 saturated carbocycles. The maximum atomic E-state index is 6.43. The summed E-state index contributed by atoms with van der Waals surface area (Å²) < 4.78 is 7.48. The number of aryl methyl sites for hydroxylation is 2. The smallest absolute Gasteiger partial charge is 0.188 e. The summed E-state index contributed by atoms with van der Waals surface area (Å²) in [5.74, 6) is 0.917. The van der Waals surface area contributed by atoms with Gasteiger partial charge < -0.3 is 10.1 Å². The number of hydrogen-bond acceptors (Lipinski definition) is 2. The van der Waals surface area contributed by atoms with Crippen molar-refractivity contribution in [3.63, 3.8) is 0 Å². The monoisotopic (exact) mass is 402 g/mol. The van der Waals surface area contributed by atoms with Crippen molar-refractivity contribution in [3.8, 4) is 5.75 Å². The highest BCUT2D eigenvalue weighted by molar-refractivity contribution is 9.10. The fourth-order valence-corrected chi connectivity index (χ4v) is 4.42. The molecule has 0 aliphatic carbocycles. The van der Waals surface area contributed by atoms with Gasteiger partial charge in [0.15, 0.2) is 10.8 Å². The van der Waals surface area contributed by atoms with Crippen molar-refractivity contribution in [2.45, 2.75) is 39.0 Å². The fraction of sp³-hybridized carbons (Fsp3) is 0.316. The van der Waals surface area contributed by atoms with E-state index in [0.29, 0.717) is 5.11 Å². The molecule has 5 heteroatoms. The predicted molar refractivity (Wildman–Crippen MR) is 105 cm³/mol. The Morgan fingerprint density at radius 2 is 2.00 bits per heavy atom. The lowest BCUT2D eigenvalue weighted by molar-refractivity contribution is 0.0497. The molecule has 2 heterocycles. The molecule has 2 unspecified atom stereocenters. The summed E-state index contributed by atoms with van der Waals surface area (Å²) in [4.78, 5) is 2.11. The minimum Gasteiger partial charge on any atom is -0.467 e. The summed E-state index contributed by atoms with van der Waals surface area (Å²) in [6.07, 6.45) is 0.837. The molecule has 3 nitrogen and oxygen atoms in total. The van der Waals surface area contributed by atoms with Gasteiger partial charge in [0.2, 0.25) is 0 Å². The van der Waals surface area contributed by atoms with Crippen molar-refractivity contribution in [2.24, 2.45) is 0 Å². The number of fused-ring (bicyclic) bond motifs is 4. The summed E-state index contributed by atoms with van der Waals surface area (Å²) in [6.45, 7) is 6.36. The van der Waals surface area contributed by atoms with E-state index in [2.05, 4.69) is 71.2 Å². The maximum Gasteiger partial charge on any atom is 0.188 e. The van der Waals surface area contributed by atoms with Crippen molar-refractivity contribution >= 4 is 38.9 Å². The standard InChI is InChI=1S/C19H19BrN2OS/c1-11-4-6-14(8-12(11)2)22-18(24)21-16-10-19(22,3)23-17-7-5-13(20)9-15(16)17/h4-9,16H,10H2,1-3H3,(H,21,24). The second-order valence-corrected chi connectivity index (χ2v) is 8.07. The van der Waals surface area contributed by atoms with Gasteiger partial charge in [-0.25, -0.2) is 0 Å². The minimum atomic E-state index is -0.491. The first kappa shape index (κ1) is 15.9. The molecule has 2 aromatic carbocycles. The average Bonchev–Trinajstić information content (AvgIpc) is 2.51. The van der Waals surface area contributed by atoms with Crippen LogP contribution in [0.25, 0.3) is 0 Å². The third-order valence-electron chi connectivity index (χ3n) is 4.98. The molecule has 1 fully saturated rings. The molecule has 2 bridgehead atoms. The lowest BCUT2D eigenvalue weighted by Gasteiger charge is -2.52. The summed E-state index contributed by atoms with van der Waals surface area (Å²) in [5, 5.41) is 4.21. The van der Waals surface area contributed by atoms with Crippen LogP contribution in [0.5, 0.6) is 5.75 Å². The quantitative estimate of drug-likeness (QED) is 0.678. The van der Waals surface area contributed by atoms with E-state index in [4.69, 9.17) is 17.0 Å². The highest BCUT2D eigenvalue weighted by atomic mass is 79.9. The van der Waals surface area contributed by atoms with Crippen molar-refractivity contribution in [2.75, 3.05) is 4.90 Å². The van der Waals surface area contributed by atoms with Gasteiger partial charge in [-0.2, -0.15) is 0 Å². The Bertz CT molecular complexity index is 853. The molecular formula is C19H19BrN2OS. The van der Waals surface area contributed by atoms with E-state index in [0.717, 1.165) is 27.9 Å². The molecular weight excluding hydrogens is 384 g/mol. The van der Waals surface area contributed by atoms with Crippen LogP contribution >= 0.6 is 28.1 Å². The molecule has 2 aliphatic heterocycles. The normalized spacial score (nSPS) is 24.9. The zero-order valence-corrected chi connectivity index (χ0v) is 16.3. The van der Waals surface area contributed by atoms with Crippen LogP contribution < -0.4 is 15.0 Å². The fourth-order valence-electron chi connectivity index (χ4n) is 3.60. The van der Waals surface area contributed by atoms with Gasteiger partial charge in [-0.05, 0) is 74.4 Å². The summed E-state index contributed by atoms with van der Waals surface area (Å²) in [7, 11) is 0. The average molecular weight is 403 g/mol. The number of hydrogen-bond donors (Lipinski definition) is 1. The Morgan fingerprint density at radius 3 is 2.75 bits per heavy atom. The molecule has 0 aromatic heterocycles. The number of rotatable bonds is 1. The molecule has 24 heavy (non-hydrogen) atoms. The molecule has 2 aromatic rings. The highest BCUT2D eigenvalue weighted by Crippen LogP contribution is 2.46. The summed E-state index contributed by atoms with van der Waals surface area (Å²) in [5.41, 5.74) is 4.26.